The lowest BCUT2D eigenvalue weighted by atomic mass is 9.94. The number of nitrogens with two attached hydrogens (primary N) is 1. The molecule has 2 heterocycles. The van der Waals surface area contributed by atoms with E-state index >= 15 is 0 Å². The zero-order valence-corrected chi connectivity index (χ0v) is 21.1. The zero-order chi connectivity index (χ0) is 23.7. The summed E-state index contributed by atoms with van der Waals surface area (Å²) in [4.78, 5) is 20.9. The van der Waals surface area contributed by atoms with Gasteiger partial charge in [0.05, 0.1) is 18.2 Å². The van der Waals surface area contributed by atoms with E-state index in [2.05, 4.69) is 31.2 Å². The van der Waals surface area contributed by atoms with Gasteiger partial charge in [0.15, 0.2) is 0 Å². The van der Waals surface area contributed by atoms with Gasteiger partial charge in [0, 0.05) is 28.7 Å². The molecule has 3 atom stereocenters. The minimum Gasteiger partial charge on any atom is -0.490 e. The maximum Gasteiger partial charge on any atom is 0.282 e. The van der Waals surface area contributed by atoms with Crippen molar-refractivity contribution in [1.82, 2.24) is 10.3 Å². The molecule has 1 aromatic heterocycles. The highest BCUT2D eigenvalue weighted by Crippen LogP contribution is 2.39. The number of halogens is 2. The smallest absolute Gasteiger partial charge is 0.282 e. The first-order valence-electron chi connectivity index (χ1n) is 10.6. The molecular weight excluding hydrogens is 496 g/mol. The molecule has 0 spiro atoms. The number of ether oxygens (including phenoxy) is 2. The fourth-order valence-corrected chi connectivity index (χ4v) is 3.80. The summed E-state index contributed by atoms with van der Waals surface area (Å²) >= 11 is 9.31. The van der Waals surface area contributed by atoms with Gasteiger partial charge in [-0.2, -0.15) is 0 Å². The summed E-state index contributed by atoms with van der Waals surface area (Å²) < 4.78 is 12.2. The van der Waals surface area contributed by atoms with Crippen molar-refractivity contribution in [3.8, 4) is 5.75 Å². The Morgan fingerprint density at radius 3 is 2.81 bits per heavy atom. The van der Waals surface area contributed by atoms with Gasteiger partial charge in [0.1, 0.15) is 17.5 Å². The van der Waals surface area contributed by atoms with E-state index in [4.69, 9.17) is 26.8 Å². The van der Waals surface area contributed by atoms with Crippen molar-refractivity contribution in [3.63, 3.8) is 0 Å². The monoisotopic (exact) mass is 524 g/mol. The number of amides is 1. The third-order valence-corrected chi connectivity index (χ3v) is 5.58. The average Bonchev–Trinajstić information content (AvgIpc) is 2.79. The molecule has 0 bridgehead atoms. The molecule has 0 fully saturated rings. The van der Waals surface area contributed by atoms with Gasteiger partial charge in [-0.3, -0.25) is 4.79 Å². The number of rotatable bonds is 6. The normalized spacial score (nSPS) is 18.4. The van der Waals surface area contributed by atoms with Crippen LogP contribution in [0.25, 0.3) is 0 Å². The number of nitrogens with one attached hydrogen (secondary N) is 1. The maximum absolute atomic E-state index is 12.3. The molecule has 0 radical (unpaired) electrons. The van der Waals surface area contributed by atoms with Crippen LogP contribution in [0.3, 0.4) is 0 Å². The first-order chi connectivity index (χ1) is 15.4. The number of amidine groups is 1. The summed E-state index contributed by atoms with van der Waals surface area (Å²) in [5, 5.41) is 3.45. The SMILES string of the molecule is CC.COC(N)=NC1C[C@H](CCC(C)NC(=O)c2ccc(Cl)cn2)Oc2ccc(Br)cc21. The molecule has 0 saturated carbocycles. The van der Waals surface area contributed by atoms with Gasteiger partial charge in [-0.05, 0) is 50.1 Å². The van der Waals surface area contributed by atoms with E-state index in [9.17, 15) is 4.79 Å². The highest BCUT2D eigenvalue weighted by atomic mass is 79.9. The summed E-state index contributed by atoms with van der Waals surface area (Å²) in [5.41, 5.74) is 7.11. The minimum atomic E-state index is -0.228. The molecular formula is C23H30BrClN4O3. The highest BCUT2D eigenvalue weighted by molar-refractivity contribution is 9.10. The molecule has 0 aliphatic carbocycles. The third-order valence-electron chi connectivity index (χ3n) is 4.86. The number of carbonyl (C=O) groups is 1. The lowest BCUT2D eigenvalue weighted by Crippen LogP contribution is -2.35. The van der Waals surface area contributed by atoms with Crippen molar-refractivity contribution in [2.75, 3.05) is 7.11 Å². The fraction of sp³-hybridized carbons (Fsp3) is 0.435. The molecule has 32 heavy (non-hydrogen) atoms. The van der Waals surface area contributed by atoms with Crippen LogP contribution in [-0.4, -0.2) is 36.2 Å². The second-order valence-corrected chi connectivity index (χ2v) is 8.51. The van der Waals surface area contributed by atoms with Crippen LogP contribution in [0, 0.1) is 0 Å². The van der Waals surface area contributed by atoms with Gasteiger partial charge in [0.2, 0.25) is 0 Å². The zero-order valence-electron chi connectivity index (χ0n) is 18.8. The molecule has 2 aromatic rings. The molecule has 1 aliphatic heterocycles. The van der Waals surface area contributed by atoms with E-state index in [1.807, 2.05) is 39.0 Å². The molecule has 7 nitrogen and oxygen atoms in total. The highest BCUT2D eigenvalue weighted by Gasteiger charge is 2.29. The first kappa shape index (κ1) is 25.9. The van der Waals surface area contributed by atoms with Gasteiger partial charge in [0.25, 0.3) is 11.9 Å². The van der Waals surface area contributed by atoms with E-state index < -0.39 is 0 Å². The number of fused-ring (bicyclic) bond motifs is 1. The van der Waals surface area contributed by atoms with Gasteiger partial charge >= 0.3 is 0 Å². The van der Waals surface area contributed by atoms with Crippen LogP contribution < -0.4 is 15.8 Å². The van der Waals surface area contributed by atoms with E-state index in [1.54, 1.807) is 12.1 Å². The van der Waals surface area contributed by atoms with Crippen LogP contribution in [0.5, 0.6) is 5.75 Å². The van der Waals surface area contributed by atoms with Gasteiger partial charge in [-0.25, -0.2) is 9.98 Å². The molecule has 3 N–H and O–H groups in total. The first-order valence-corrected chi connectivity index (χ1v) is 11.8. The summed E-state index contributed by atoms with van der Waals surface area (Å²) in [6.45, 7) is 5.96. The molecule has 2 unspecified atom stereocenters. The Balaban J connectivity index is 0.00000176. The van der Waals surface area contributed by atoms with Crippen LogP contribution in [0.4, 0.5) is 0 Å². The predicted octanol–water partition coefficient (Wildman–Crippen LogP) is 5.28. The molecule has 3 rings (SSSR count). The molecule has 0 saturated heterocycles. The van der Waals surface area contributed by atoms with Crippen LogP contribution >= 0.6 is 27.5 Å². The van der Waals surface area contributed by atoms with Crippen molar-refractivity contribution in [2.24, 2.45) is 10.7 Å². The van der Waals surface area contributed by atoms with Crippen LogP contribution in [0.2, 0.25) is 5.02 Å². The Morgan fingerprint density at radius 1 is 1.41 bits per heavy atom. The van der Waals surface area contributed by atoms with Crippen molar-refractivity contribution >= 4 is 39.5 Å². The average molecular weight is 526 g/mol. The molecule has 1 aromatic carbocycles. The maximum atomic E-state index is 12.3. The minimum absolute atomic E-state index is 0.0455. The lowest BCUT2D eigenvalue weighted by molar-refractivity contribution is 0.0924. The van der Waals surface area contributed by atoms with Crippen molar-refractivity contribution < 1.29 is 14.3 Å². The molecule has 1 amide bonds. The number of aromatic nitrogens is 1. The number of carbonyl (C=O) groups excluding carboxylic acids is 1. The number of hydrogen-bond donors (Lipinski definition) is 2. The fourth-order valence-electron chi connectivity index (χ4n) is 3.31. The predicted molar refractivity (Wildman–Crippen MR) is 131 cm³/mol. The van der Waals surface area contributed by atoms with E-state index in [0.29, 0.717) is 17.1 Å². The number of pyridine rings is 1. The Bertz CT molecular complexity index is 924. The number of hydrogen-bond acceptors (Lipinski definition) is 5. The number of benzene rings is 1. The quantitative estimate of drug-likeness (QED) is 0.395. The molecule has 9 heteroatoms. The summed E-state index contributed by atoms with van der Waals surface area (Å²) in [6, 6.07) is 9.04. The second-order valence-electron chi connectivity index (χ2n) is 7.16. The van der Waals surface area contributed by atoms with Gasteiger partial charge in [-0.1, -0.05) is 41.4 Å². The van der Waals surface area contributed by atoms with Crippen LogP contribution in [-0.2, 0) is 4.74 Å². The third kappa shape index (κ3) is 7.38. The molecule has 174 valence electrons. The van der Waals surface area contributed by atoms with E-state index in [0.717, 1.165) is 28.6 Å². The van der Waals surface area contributed by atoms with Crippen molar-refractivity contribution in [3.05, 3.63) is 57.3 Å². The molecule has 1 aliphatic rings. The standard InChI is InChI=1S/C21H24BrClN4O3.C2H6/c1-12(26-20(28)17-7-5-14(23)11-25-17)3-6-15-10-18(27-21(24)29-2)16-9-13(22)4-8-19(16)30-15;1-2/h4-5,7-9,11-12,15,18H,3,6,10H2,1-2H3,(H2,24,27)(H,26,28);1-2H3/t12?,15-,18?;/m0./s1. The Labute approximate surface area is 202 Å². The van der Waals surface area contributed by atoms with E-state index in [-0.39, 0.29) is 30.1 Å². The number of methoxy groups -OCH3 is 1. The Hall–Kier alpha value is -2.32. The second kappa shape index (κ2) is 12.6. The van der Waals surface area contributed by atoms with Crippen molar-refractivity contribution in [1.29, 1.82) is 0 Å². The van der Waals surface area contributed by atoms with Crippen LogP contribution in [0.15, 0.2) is 46.0 Å². The number of nitrogens with zero attached hydrogens (tertiary/aromatic N) is 2. The van der Waals surface area contributed by atoms with Gasteiger partial charge in [-0.15, -0.1) is 0 Å². The Kier molecular flexibility index (Phi) is 10.3. The van der Waals surface area contributed by atoms with Crippen LogP contribution in [0.1, 0.15) is 62.1 Å². The summed E-state index contributed by atoms with van der Waals surface area (Å²) in [6.07, 6.45) is 3.58. The largest absolute Gasteiger partial charge is 0.490 e. The topological polar surface area (TPSA) is 98.8 Å². The lowest BCUT2D eigenvalue weighted by Gasteiger charge is -2.31. The Morgan fingerprint density at radius 2 is 2.16 bits per heavy atom. The number of aliphatic imine (C=N–C) groups is 1. The summed E-state index contributed by atoms with van der Waals surface area (Å²) in [7, 11) is 1.50. The van der Waals surface area contributed by atoms with E-state index in [1.165, 1.54) is 13.3 Å². The van der Waals surface area contributed by atoms with Gasteiger partial charge < -0.3 is 20.5 Å². The van der Waals surface area contributed by atoms with Crippen molar-refractivity contribution in [2.45, 2.75) is 58.2 Å². The summed E-state index contributed by atoms with van der Waals surface area (Å²) in [5.74, 6) is 0.559.